The van der Waals surface area contributed by atoms with E-state index in [1.54, 1.807) is 12.1 Å². The Labute approximate surface area is 223 Å². The number of fused-ring (bicyclic) bond motifs is 2. The highest BCUT2D eigenvalue weighted by molar-refractivity contribution is 5.98. The highest BCUT2D eigenvalue weighted by Gasteiger charge is 2.31. The number of likely N-dealkylation sites (tertiary alicyclic amines) is 1. The zero-order valence-corrected chi connectivity index (χ0v) is 21.6. The van der Waals surface area contributed by atoms with Gasteiger partial charge >= 0.3 is 0 Å². The molecule has 1 atom stereocenters. The number of benzene rings is 3. The Kier molecular flexibility index (Phi) is 6.81. The maximum Gasteiger partial charge on any atom is 0.150 e. The summed E-state index contributed by atoms with van der Waals surface area (Å²) >= 11 is 0. The predicted octanol–water partition coefficient (Wildman–Crippen LogP) is 6.57. The van der Waals surface area contributed by atoms with Gasteiger partial charge in [-0.2, -0.15) is 0 Å². The van der Waals surface area contributed by atoms with Crippen molar-refractivity contribution in [3.63, 3.8) is 0 Å². The second kappa shape index (κ2) is 10.5. The van der Waals surface area contributed by atoms with E-state index in [0.29, 0.717) is 12.4 Å². The summed E-state index contributed by atoms with van der Waals surface area (Å²) < 4.78 is 25.3. The Morgan fingerprint density at radius 2 is 1.92 bits per heavy atom. The number of halogens is 1. The molecule has 3 heterocycles. The summed E-state index contributed by atoms with van der Waals surface area (Å²) in [5, 5.41) is 13.7. The lowest BCUT2D eigenvalue weighted by molar-refractivity contribution is 0.0668. The molecule has 0 radical (unpaired) electrons. The summed E-state index contributed by atoms with van der Waals surface area (Å²) in [6.07, 6.45) is 5.05. The fourth-order valence-electron chi connectivity index (χ4n) is 5.64. The van der Waals surface area contributed by atoms with Crippen molar-refractivity contribution in [1.29, 1.82) is 0 Å². The molecule has 3 aliphatic rings. The molecule has 38 heavy (non-hydrogen) atoms. The van der Waals surface area contributed by atoms with E-state index in [-0.39, 0.29) is 24.4 Å². The van der Waals surface area contributed by atoms with E-state index in [0.717, 1.165) is 77.4 Å². The van der Waals surface area contributed by atoms with Crippen LogP contribution in [0.2, 0.25) is 0 Å². The molecular weight excluding hydrogens is 479 g/mol. The van der Waals surface area contributed by atoms with Crippen molar-refractivity contribution < 1.29 is 19.0 Å². The molecule has 5 nitrogen and oxygen atoms in total. The Hall–Kier alpha value is -3.77. The SMILES string of the molecule is CC1=C(c2cccc3c2C=CCCN3)C(c2ccc(OCCN3CC(CF)C3)cc2)Oc2cc(O)ccc21. The van der Waals surface area contributed by atoms with Crippen molar-refractivity contribution in [3.05, 3.63) is 89.0 Å². The van der Waals surface area contributed by atoms with Crippen LogP contribution in [0.4, 0.5) is 10.1 Å². The molecule has 3 aliphatic heterocycles. The topological polar surface area (TPSA) is 54.0 Å². The van der Waals surface area contributed by atoms with Gasteiger partial charge in [-0.3, -0.25) is 9.29 Å². The quantitative estimate of drug-likeness (QED) is 0.375. The maximum absolute atomic E-state index is 12.7. The number of hydrogen-bond acceptors (Lipinski definition) is 5. The minimum absolute atomic E-state index is 0.184. The van der Waals surface area contributed by atoms with Crippen molar-refractivity contribution >= 4 is 22.9 Å². The molecule has 6 heteroatoms. The lowest BCUT2D eigenvalue weighted by Gasteiger charge is -2.37. The second-order valence-electron chi connectivity index (χ2n) is 10.3. The first-order valence-electron chi connectivity index (χ1n) is 13.4. The average molecular weight is 513 g/mol. The van der Waals surface area contributed by atoms with Crippen molar-refractivity contribution in [2.24, 2.45) is 5.92 Å². The van der Waals surface area contributed by atoms with Crippen LogP contribution >= 0.6 is 0 Å². The molecule has 0 saturated carbocycles. The minimum atomic E-state index is -0.347. The van der Waals surface area contributed by atoms with E-state index in [4.69, 9.17) is 9.47 Å². The molecule has 0 bridgehead atoms. The number of ether oxygens (including phenoxy) is 2. The first-order chi connectivity index (χ1) is 18.6. The van der Waals surface area contributed by atoms with E-state index < -0.39 is 0 Å². The van der Waals surface area contributed by atoms with E-state index in [9.17, 15) is 9.50 Å². The highest BCUT2D eigenvalue weighted by atomic mass is 19.1. The van der Waals surface area contributed by atoms with Gasteiger partial charge in [-0.1, -0.05) is 36.4 Å². The lowest BCUT2D eigenvalue weighted by Crippen LogP contribution is -2.49. The van der Waals surface area contributed by atoms with Crippen molar-refractivity contribution in [2.45, 2.75) is 19.4 Å². The molecule has 0 amide bonds. The lowest BCUT2D eigenvalue weighted by atomic mass is 9.84. The van der Waals surface area contributed by atoms with Crippen LogP contribution < -0.4 is 14.8 Å². The smallest absolute Gasteiger partial charge is 0.150 e. The van der Waals surface area contributed by atoms with Crippen LogP contribution in [0.15, 0.2) is 66.7 Å². The van der Waals surface area contributed by atoms with Crippen molar-refractivity contribution in [1.82, 2.24) is 4.90 Å². The summed E-state index contributed by atoms with van der Waals surface area (Å²) in [6.45, 7) is 5.81. The van der Waals surface area contributed by atoms with Gasteiger partial charge in [-0.05, 0) is 60.4 Å². The normalized spacial score (nSPS) is 19.1. The van der Waals surface area contributed by atoms with E-state index in [1.165, 1.54) is 0 Å². The summed E-state index contributed by atoms with van der Waals surface area (Å²) in [5.74, 6) is 1.85. The highest BCUT2D eigenvalue weighted by Crippen LogP contribution is 2.49. The van der Waals surface area contributed by atoms with E-state index in [1.807, 2.05) is 18.2 Å². The fourth-order valence-corrected chi connectivity index (χ4v) is 5.64. The molecule has 1 saturated heterocycles. The fraction of sp³-hybridized carbons (Fsp3) is 0.312. The number of phenols is 1. The van der Waals surface area contributed by atoms with Crippen molar-refractivity contribution in [2.75, 3.05) is 44.8 Å². The molecule has 1 fully saturated rings. The summed E-state index contributed by atoms with van der Waals surface area (Å²) in [4.78, 5) is 2.22. The van der Waals surface area contributed by atoms with Crippen LogP contribution in [-0.4, -0.2) is 49.5 Å². The third kappa shape index (κ3) is 4.76. The monoisotopic (exact) mass is 512 g/mol. The van der Waals surface area contributed by atoms with Crippen LogP contribution in [0, 0.1) is 5.92 Å². The zero-order valence-electron chi connectivity index (χ0n) is 21.6. The molecule has 3 aromatic carbocycles. The first-order valence-corrected chi connectivity index (χ1v) is 13.4. The van der Waals surface area contributed by atoms with Gasteiger partial charge in [0.15, 0.2) is 0 Å². The molecule has 196 valence electrons. The number of aromatic hydroxyl groups is 1. The summed E-state index contributed by atoms with van der Waals surface area (Å²) in [5.41, 5.74) is 7.66. The van der Waals surface area contributed by atoms with Gasteiger partial charge in [-0.25, -0.2) is 0 Å². The van der Waals surface area contributed by atoms with Gasteiger partial charge in [0.2, 0.25) is 0 Å². The number of allylic oxidation sites excluding steroid dienone is 1. The molecular formula is C32H33FN2O3. The van der Waals surface area contributed by atoms with E-state index >= 15 is 0 Å². The maximum atomic E-state index is 12.7. The number of nitrogens with zero attached hydrogens (tertiary/aromatic N) is 1. The van der Waals surface area contributed by atoms with Crippen LogP contribution in [-0.2, 0) is 0 Å². The number of nitrogens with one attached hydrogen (secondary N) is 1. The number of alkyl halides is 1. The third-order valence-corrected chi connectivity index (χ3v) is 7.70. The largest absolute Gasteiger partial charge is 0.508 e. The standard InChI is InChI=1S/C32H33FN2O3/c1-21-26-13-10-24(36)17-30(26)38-32(31(21)28-6-4-7-29-27(28)5-2-3-14-34-29)23-8-11-25(12-9-23)37-16-15-35-19-22(18-33)20-35/h2,4-13,17,22,32,34,36H,3,14-16,18-20H2,1H3. The Bertz CT molecular complexity index is 1380. The number of rotatable bonds is 7. The molecule has 0 aromatic heterocycles. The molecule has 1 unspecified atom stereocenters. The van der Waals surface area contributed by atoms with Crippen LogP contribution in [0.5, 0.6) is 17.2 Å². The molecule has 3 aromatic rings. The van der Waals surface area contributed by atoms with Gasteiger partial charge in [0.25, 0.3) is 0 Å². The third-order valence-electron chi connectivity index (χ3n) is 7.70. The van der Waals surface area contributed by atoms with E-state index in [2.05, 4.69) is 59.6 Å². The summed E-state index contributed by atoms with van der Waals surface area (Å²) in [7, 11) is 0. The first kappa shape index (κ1) is 24.6. The van der Waals surface area contributed by atoms with Gasteiger partial charge < -0.3 is 19.9 Å². The second-order valence-corrected chi connectivity index (χ2v) is 10.3. The number of phenolic OH excluding ortho intramolecular Hbond substituents is 1. The zero-order chi connectivity index (χ0) is 26.1. The Balaban J connectivity index is 1.31. The molecule has 0 spiro atoms. The van der Waals surface area contributed by atoms with Crippen LogP contribution in [0.1, 0.15) is 41.7 Å². The molecule has 2 N–H and O–H groups in total. The number of hydrogen-bond donors (Lipinski definition) is 2. The minimum Gasteiger partial charge on any atom is -0.508 e. The van der Waals surface area contributed by atoms with Crippen LogP contribution in [0.3, 0.4) is 0 Å². The Morgan fingerprint density at radius 3 is 2.74 bits per heavy atom. The van der Waals surface area contributed by atoms with Crippen LogP contribution in [0.25, 0.3) is 17.2 Å². The van der Waals surface area contributed by atoms with Gasteiger partial charge in [-0.15, -0.1) is 0 Å². The van der Waals surface area contributed by atoms with Gasteiger partial charge in [0, 0.05) is 60.6 Å². The average Bonchev–Trinajstić information content (AvgIpc) is 3.16. The molecule has 6 rings (SSSR count). The Morgan fingerprint density at radius 1 is 1.08 bits per heavy atom. The number of anilines is 1. The van der Waals surface area contributed by atoms with Gasteiger partial charge in [0.05, 0.1) is 6.67 Å². The summed E-state index contributed by atoms with van der Waals surface area (Å²) in [6, 6.07) is 19.8. The predicted molar refractivity (Wildman–Crippen MR) is 150 cm³/mol. The van der Waals surface area contributed by atoms with Gasteiger partial charge in [0.1, 0.15) is 30.0 Å². The molecule has 0 aliphatic carbocycles. The van der Waals surface area contributed by atoms with Crippen molar-refractivity contribution in [3.8, 4) is 17.2 Å².